The molecule has 11 nitrogen and oxygen atoms in total. The molecule has 0 spiro atoms. The molecule has 8 N–H and O–H groups in total. The van der Waals surface area contributed by atoms with Crippen LogP contribution in [0.15, 0.2) is 12.2 Å². The summed E-state index contributed by atoms with van der Waals surface area (Å²) in [5, 5.41) is 75.5. The van der Waals surface area contributed by atoms with Crippen LogP contribution in [0.25, 0.3) is 0 Å². The van der Waals surface area contributed by atoms with Crippen LogP contribution < -0.4 is 5.32 Å². The van der Waals surface area contributed by atoms with E-state index in [0.29, 0.717) is 19.3 Å². The van der Waals surface area contributed by atoms with Crippen molar-refractivity contribution in [3.8, 4) is 0 Å². The average Bonchev–Trinajstić information content (AvgIpc) is 3.17. The predicted octanol–water partition coefficient (Wildman–Crippen LogP) is 6.50. The number of amides is 1. The number of carbonyl (C=O) groups is 1. The largest absolute Gasteiger partial charge is 0.394 e. The zero-order chi connectivity index (χ0) is 39.8. The van der Waals surface area contributed by atoms with E-state index in [-0.39, 0.29) is 6.42 Å². The standard InChI is InChI=1S/C43H83NO10/c1-3-5-7-9-11-13-15-16-17-18-19-21-22-24-26-28-30-35(46)38(48)34(33-53-43-41(51)40(50)39(49)37(32-45)54-43)44-42(52)36(47)31-29-27-25-23-20-14-12-10-8-6-4-2/h16-17,34-41,43,45-51H,3-15,18-33H2,1-2H3,(H,44,52)/b17-16-/t34-,35-,36-,37-,38+,39-,40+,41-,43-/m1/s1. The first kappa shape index (κ1) is 50.9. The number of hydrogen-bond acceptors (Lipinski definition) is 10. The molecule has 0 aromatic rings. The highest BCUT2D eigenvalue weighted by Gasteiger charge is 2.44. The Bertz CT molecular complexity index is 892. The van der Waals surface area contributed by atoms with Gasteiger partial charge in [0.2, 0.25) is 5.91 Å². The lowest BCUT2D eigenvalue weighted by molar-refractivity contribution is -0.303. The number of aliphatic hydroxyl groups is 7. The van der Waals surface area contributed by atoms with Crippen LogP contribution in [0.2, 0.25) is 0 Å². The number of rotatable bonds is 36. The quantitative estimate of drug-likeness (QED) is 0.0258. The van der Waals surface area contributed by atoms with Crippen molar-refractivity contribution in [1.82, 2.24) is 5.32 Å². The van der Waals surface area contributed by atoms with Crippen molar-refractivity contribution in [3.63, 3.8) is 0 Å². The molecule has 0 aliphatic carbocycles. The average molecular weight is 774 g/mol. The van der Waals surface area contributed by atoms with Gasteiger partial charge in [-0.2, -0.15) is 0 Å². The molecule has 0 radical (unpaired) electrons. The highest BCUT2D eigenvalue weighted by molar-refractivity contribution is 5.80. The third-order valence-corrected chi connectivity index (χ3v) is 10.8. The summed E-state index contributed by atoms with van der Waals surface area (Å²) < 4.78 is 11.1. The normalized spacial score (nSPS) is 22.7. The van der Waals surface area contributed by atoms with Gasteiger partial charge >= 0.3 is 0 Å². The van der Waals surface area contributed by atoms with Crippen LogP contribution in [-0.4, -0.2) is 110 Å². The molecule has 1 aliphatic rings. The Labute approximate surface area is 328 Å². The summed E-state index contributed by atoms with van der Waals surface area (Å²) in [4.78, 5) is 13.0. The van der Waals surface area contributed by atoms with E-state index in [4.69, 9.17) is 9.47 Å². The number of nitrogens with one attached hydrogen (secondary N) is 1. The molecule has 54 heavy (non-hydrogen) atoms. The number of allylic oxidation sites excluding steroid dienone is 2. The van der Waals surface area contributed by atoms with Gasteiger partial charge in [0, 0.05) is 0 Å². The fourth-order valence-electron chi connectivity index (χ4n) is 7.08. The van der Waals surface area contributed by atoms with Gasteiger partial charge in [-0.05, 0) is 38.5 Å². The molecular formula is C43H83NO10. The minimum absolute atomic E-state index is 0.261. The van der Waals surface area contributed by atoms with Crippen molar-refractivity contribution in [3.05, 3.63) is 12.2 Å². The Morgan fingerprint density at radius 1 is 0.630 bits per heavy atom. The molecule has 0 unspecified atom stereocenters. The maximum Gasteiger partial charge on any atom is 0.249 e. The van der Waals surface area contributed by atoms with Gasteiger partial charge in [0.15, 0.2) is 6.29 Å². The summed E-state index contributed by atoms with van der Waals surface area (Å²) in [6.07, 6.45) is 22.6. The summed E-state index contributed by atoms with van der Waals surface area (Å²) in [7, 11) is 0. The Morgan fingerprint density at radius 3 is 1.56 bits per heavy atom. The van der Waals surface area contributed by atoms with Crippen LogP contribution in [0.3, 0.4) is 0 Å². The zero-order valence-corrected chi connectivity index (χ0v) is 34.2. The van der Waals surface area contributed by atoms with Crippen LogP contribution in [0.4, 0.5) is 0 Å². The highest BCUT2D eigenvalue weighted by Crippen LogP contribution is 2.23. The van der Waals surface area contributed by atoms with E-state index in [1.54, 1.807) is 0 Å². The van der Waals surface area contributed by atoms with E-state index in [1.165, 1.54) is 89.9 Å². The molecule has 1 aliphatic heterocycles. The molecule has 320 valence electrons. The molecule has 0 aromatic carbocycles. The maximum atomic E-state index is 13.0. The summed E-state index contributed by atoms with van der Waals surface area (Å²) in [5.74, 6) is -0.701. The van der Waals surface area contributed by atoms with Gasteiger partial charge in [0.25, 0.3) is 0 Å². The molecule has 1 fully saturated rings. The second kappa shape index (κ2) is 33.9. The molecule has 1 heterocycles. The molecule has 1 rings (SSSR count). The Balaban J connectivity index is 2.49. The molecule has 1 saturated heterocycles. The third-order valence-electron chi connectivity index (χ3n) is 10.8. The van der Waals surface area contributed by atoms with Crippen molar-refractivity contribution in [2.24, 2.45) is 0 Å². The van der Waals surface area contributed by atoms with Gasteiger partial charge in [-0.25, -0.2) is 0 Å². The molecule has 9 atom stereocenters. The van der Waals surface area contributed by atoms with Gasteiger partial charge in [-0.3, -0.25) is 4.79 Å². The van der Waals surface area contributed by atoms with Gasteiger partial charge < -0.3 is 50.5 Å². The van der Waals surface area contributed by atoms with E-state index >= 15 is 0 Å². The Hall–Kier alpha value is -1.15. The molecule has 0 aromatic heterocycles. The Morgan fingerprint density at radius 2 is 1.07 bits per heavy atom. The predicted molar refractivity (Wildman–Crippen MR) is 215 cm³/mol. The lowest BCUT2D eigenvalue weighted by Gasteiger charge is -2.40. The highest BCUT2D eigenvalue weighted by atomic mass is 16.7. The van der Waals surface area contributed by atoms with Crippen molar-refractivity contribution < 1.29 is 50.0 Å². The topological polar surface area (TPSA) is 189 Å². The molecular weight excluding hydrogens is 690 g/mol. The molecule has 1 amide bonds. The van der Waals surface area contributed by atoms with Gasteiger partial charge in [-0.15, -0.1) is 0 Å². The fourth-order valence-corrected chi connectivity index (χ4v) is 7.08. The van der Waals surface area contributed by atoms with Crippen LogP contribution in [0.5, 0.6) is 0 Å². The monoisotopic (exact) mass is 774 g/mol. The number of ether oxygens (including phenoxy) is 2. The van der Waals surface area contributed by atoms with E-state index < -0.39 is 74.2 Å². The number of carbonyl (C=O) groups excluding carboxylic acids is 1. The summed E-state index contributed by atoms with van der Waals surface area (Å²) in [6, 6.07) is -1.17. The fraction of sp³-hybridized carbons (Fsp3) is 0.930. The maximum absolute atomic E-state index is 13.0. The van der Waals surface area contributed by atoms with E-state index in [9.17, 15) is 40.5 Å². The van der Waals surface area contributed by atoms with E-state index in [0.717, 1.165) is 57.8 Å². The second-order valence-corrected chi connectivity index (χ2v) is 15.8. The van der Waals surface area contributed by atoms with Crippen molar-refractivity contribution in [2.75, 3.05) is 13.2 Å². The molecule has 0 bridgehead atoms. The second-order valence-electron chi connectivity index (χ2n) is 15.8. The van der Waals surface area contributed by atoms with E-state index in [1.807, 2.05) is 0 Å². The van der Waals surface area contributed by atoms with Crippen molar-refractivity contribution in [1.29, 1.82) is 0 Å². The summed E-state index contributed by atoms with van der Waals surface area (Å²) in [6.45, 7) is 3.41. The van der Waals surface area contributed by atoms with Crippen molar-refractivity contribution >= 4 is 5.91 Å². The number of hydrogen-bond donors (Lipinski definition) is 8. The first-order valence-corrected chi connectivity index (χ1v) is 22.1. The first-order valence-electron chi connectivity index (χ1n) is 22.1. The smallest absolute Gasteiger partial charge is 0.249 e. The third kappa shape index (κ3) is 23.8. The number of unbranched alkanes of at least 4 members (excludes halogenated alkanes) is 22. The van der Waals surface area contributed by atoms with Gasteiger partial charge in [0.1, 0.15) is 36.6 Å². The Kier molecular flexibility index (Phi) is 32.0. The van der Waals surface area contributed by atoms with Crippen molar-refractivity contribution in [2.45, 2.75) is 242 Å². The van der Waals surface area contributed by atoms with Crippen LogP contribution in [0, 0.1) is 0 Å². The SMILES string of the molecule is CCCCCCCC/C=C\CCCCCCCC[C@@H](O)[C@@H](O)[C@@H](CO[C@@H]1O[C@H](CO)[C@@H](O)[C@H](O)[C@H]1O)NC(=O)[C@H](O)CCCCCCCCCCCCC. The molecule has 0 saturated carbocycles. The molecule has 11 heteroatoms. The van der Waals surface area contributed by atoms with Crippen LogP contribution in [0.1, 0.15) is 187 Å². The first-order chi connectivity index (χ1) is 26.2. The van der Waals surface area contributed by atoms with Gasteiger partial charge in [0.05, 0.1) is 25.4 Å². The van der Waals surface area contributed by atoms with Crippen LogP contribution >= 0.6 is 0 Å². The minimum Gasteiger partial charge on any atom is -0.394 e. The number of aliphatic hydroxyl groups excluding tert-OH is 7. The van der Waals surface area contributed by atoms with Crippen LogP contribution in [-0.2, 0) is 14.3 Å². The minimum atomic E-state index is -1.66. The lowest BCUT2D eigenvalue weighted by Crippen LogP contribution is -2.60. The lowest BCUT2D eigenvalue weighted by atomic mass is 9.98. The summed E-state index contributed by atoms with van der Waals surface area (Å²) >= 11 is 0. The van der Waals surface area contributed by atoms with E-state index in [2.05, 4.69) is 31.3 Å². The zero-order valence-electron chi connectivity index (χ0n) is 34.2. The van der Waals surface area contributed by atoms with Gasteiger partial charge in [-0.1, -0.05) is 161 Å². The summed E-state index contributed by atoms with van der Waals surface area (Å²) in [5.41, 5.74) is 0.